The van der Waals surface area contributed by atoms with Gasteiger partial charge in [0, 0.05) is 24.5 Å². The number of hydrogen-bond acceptors (Lipinski definition) is 6. The number of nitrogens with one attached hydrogen (secondary N) is 2. The third kappa shape index (κ3) is 4.17. The maximum Gasteiger partial charge on any atom is 0.258 e. The molecule has 132 valence electrons. The van der Waals surface area contributed by atoms with Gasteiger partial charge in [-0.1, -0.05) is 12.8 Å². The Bertz CT molecular complexity index is 728. The normalized spacial score (nSPS) is 14.2. The van der Waals surface area contributed by atoms with Gasteiger partial charge in [0.15, 0.2) is 0 Å². The summed E-state index contributed by atoms with van der Waals surface area (Å²) in [4.78, 5) is 20.9. The second-order valence-electron chi connectivity index (χ2n) is 5.94. The molecule has 1 fully saturated rings. The highest BCUT2D eigenvalue weighted by Gasteiger charge is 2.16. The molecule has 1 aromatic heterocycles. The first kappa shape index (κ1) is 17.0. The fraction of sp³-hybridized carbons (Fsp3) is 0.389. The summed E-state index contributed by atoms with van der Waals surface area (Å²) in [6, 6.07) is 5.62. The molecule has 0 bridgehead atoms. The van der Waals surface area contributed by atoms with Gasteiger partial charge in [-0.05, 0) is 25.0 Å². The Morgan fingerprint density at radius 3 is 2.48 bits per heavy atom. The van der Waals surface area contributed by atoms with Crippen molar-refractivity contribution in [1.29, 1.82) is 0 Å². The molecule has 7 heteroatoms. The number of ether oxygens (including phenoxy) is 2. The smallest absolute Gasteiger partial charge is 0.258 e. The van der Waals surface area contributed by atoms with E-state index in [0.29, 0.717) is 34.7 Å². The van der Waals surface area contributed by atoms with Crippen molar-refractivity contribution in [2.75, 3.05) is 24.9 Å². The van der Waals surface area contributed by atoms with E-state index in [9.17, 15) is 4.79 Å². The van der Waals surface area contributed by atoms with E-state index in [-0.39, 0.29) is 5.91 Å². The van der Waals surface area contributed by atoms with Crippen molar-refractivity contribution in [3.8, 4) is 11.5 Å². The SMILES string of the molecule is COc1ccc(NC(=O)c2cnc(NC3CCCC3)nc2)c(OC)c1. The van der Waals surface area contributed by atoms with Gasteiger partial charge in [-0.3, -0.25) is 4.79 Å². The standard InChI is InChI=1S/C18H22N4O3/c1-24-14-7-8-15(16(9-14)25-2)22-17(23)12-10-19-18(20-11-12)21-13-5-3-4-6-13/h7-11,13H,3-6H2,1-2H3,(H,22,23)(H,19,20,21). The van der Waals surface area contributed by atoms with Gasteiger partial charge in [0.1, 0.15) is 11.5 Å². The molecule has 25 heavy (non-hydrogen) atoms. The minimum Gasteiger partial charge on any atom is -0.497 e. The maximum atomic E-state index is 12.4. The van der Waals surface area contributed by atoms with Crippen LogP contribution in [0.4, 0.5) is 11.6 Å². The Kier molecular flexibility index (Phi) is 5.33. The Hall–Kier alpha value is -2.83. The van der Waals surface area contributed by atoms with Crippen molar-refractivity contribution < 1.29 is 14.3 Å². The molecular formula is C18H22N4O3. The van der Waals surface area contributed by atoms with E-state index in [0.717, 1.165) is 12.8 Å². The zero-order chi connectivity index (χ0) is 17.6. The maximum absolute atomic E-state index is 12.4. The van der Waals surface area contributed by atoms with E-state index >= 15 is 0 Å². The van der Waals surface area contributed by atoms with Gasteiger partial charge < -0.3 is 20.1 Å². The van der Waals surface area contributed by atoms with Gasteiger partial charge in [0.2, 0.25) is 5.95 Å². The van der Waals surface area contributed by atoms with Crippen LogP contribution in [-0.4, -0.2) is 36.1 Å². The summed E-state index contributed by atoms with van der Waals surface area (Å²) in [7, 11) is 3.11. The molecule has 7 nitrogen and oxygen atoms in total. The Morgan fingerprint density at radius 1 is 1.12 bits per heavy atom. The highest BCUT2D eigenvalue weighted by molar-refractivity contribution is 6.04. The predicted molar refractivity (Wildman–Crippen MR) is 95.4 cm³/mol. The molecule has 3 rings (SSSR count). The van der Waals surface area contributed by atoms with Crippen molar-refractivity contribution in [3.05, 3.63) is 36.2 Å². The van der Waals surface area contributed by atoms with Crippen LogP contribution in [-0.2, 0) is 0 Å². The predicted octanol–water partition coefficient (Wildman–Crippen LogP) is 3.10. The third-order valence-electron chi connectivity index (χ3n) is 4.26. The van der Waals surface area contributed by atoms with E-state index in [4.69, 9.17) is 9.47 Å². The summed E-state index contributed by atoms with van der Waals surface area (Å²) in [5.74, 6) is 1.44. The fourth-order valence-electron chi connectivity index (χ4n) is 2.87. The highest BCUT2D eigenvalue weighted by atomic mass is 16.5. The molecular weight excluding hydrogens is 320 g/mol. The number of methoxy groups -OCH3 is 2. The zero-order valence-corrected chi connectivity index (χ0v) is 14.4. The van der Waals surface area contributed by atoms with Gasteiger partial charge in [-0.25, -0.2) is 9.97 Å². The van der Waals surface area contributed by atoms with E-state index in [1.165, 1.54) is 32.3 Å². The molecule has 0 atom stereocenters. The van der Waals surface area contributed by atoms with E-state index in [1.54, 1.807) is 25.3 Å². The molecule has 1 amide bonds. The molecule has 0 spiro atoms. The molecule has 1 heterocycles. The summed E-state index contributed by atoms with van der Waals surface area (Å²) in [6.07, 6.45) is 7.81. The first-order valence-corrected chi connectivity index (χ1v) is 8.31. The summed E-state index contributed by atoms with van der Waals surface area (Å²) in [6.45, 7) is 0. The average Bonchev–Trinajstić information content (AvgIpc) is 3.15. The first-order valence-electron chi connectivity index (χ1n) is 8.31. The lowest BCUT2D eigenvalue weighted by atomic mass is 10.2. The fourth-order valence-corrected chi connectivity index (χ4v) is 2.87. The lowest BCUT2D eigenvalue weighted by molar-refractivity contribution is 0.102. The second kappa shape index (κ2) is 7.83. The molecule has 2 aromatic rings. The average molecular weight is 342 g/mol. The Morgan fingerprint density at radius 2 is 1.84 bits per heavy atom. The Balaban J connectivity index is 1.66. The highest BCUT2D eigenvalue weighted by Crippen LogP contribution is 2.29. The van der Waals surface area contributed by atoms with Crippen LogP contribution in [0.5, 0.6) is 11.5 Å². The number of benzene rings is 1. The summed E-state index contributed by atoms with van der Waals surface area (Å²) >= 11 is 0. The van der Waals surface area contributed by atoms with Gasteiger partial charge in [-0.15, -0.1) is 0 Å². The summed E-state index contributed by atoms with van der Waals surface area (Å²) < 4.78 is 10.4. The van der Waals surface area contributed by atoms with Crippen molar-refractivity contribution in [2.24, 2.45) is 0 Å². The van der Waals surface area contributed by atoms with Crippen LogP contribution in [0.2, 0.25) is 0 Å². The molecule has 0 radical (unpaired) electrons. The molecule has 0 unspecified atom stereocenters. The number of aromatic nitrogens is 2. The van der Waals surface area contributed by atoms with Gasteiger partial charge in [0.25, 0.3) is 5.91 Å². The van der Waals surface area contributed by atoms with E-state index in [2.05, 4.69) is 20.6 Å². The van der Waals surface area contributed by atoms with Crippen molar-refractivity contribution in [1.82, 2.24) is 9.97 Å². The van der Waals surface area contributed by atoms with Crippen LogP contribution in [0.1, 0.15) is 36.0 Å². The molecule has 0 aliphatic heterocycles. The van der Waals surface area contributed by atoms with Crippen LogP contribution >= 0.6 is 0 Å². The largest absolute Gasteiger partial charge is 0.497 e. The van der Waals surface area contributed by atoms with E-state index < -0.39 is 0 Å². The number of rotatable bonds is 6. The van der Waals surface area contributed by atoms with Gasteiger partial charge >= 0.3 is 0 Å². The number of nitrogens with zero attached hydrogens (tertiary/aromatic N) is 2. The van der Waals surface area contributed by atoms with Crippen LogP contribution in [0.25, 0.3) is 0 Å². The molecule has 1 aliphatic rings. The third-order valence-corrected chi connectivity index (χ3v) is 4.26. The monoisotopic (exact) mass is 342 g/mol. The van der Waals surface area contributed by atoms with Crippen LogP contribution in [0, 0.1) is 0 Å². The topological polar surface area (TPSA) is 85.4 Å². The summed E-state index contributed by atoms with van der Waals surface area (Å²) in [5.41, 5.74) is 0.941. The van der Waals surface area contributed by atoms with Crippen LogP contribution in [0.3, 0.4) is 0 Å². The zero-order valence-electron chi connectivity index (χ0n) is 14.4. The first-order chi connectivity index (χ1) is 12.2. The molecule has 1 aliphatic carbocycles. The Labute approximate surface area is 146 Å². The molecule has 1 saturated carbocycles. The van der Waals surface area contributed by atoms with E-state index in [1.807, 2.05) is 0 Å². The van der Waals surface area contributed by atoms with Gasteiger partial charge in [0.05, 0.1) is 25.5 Å². The lowest BCUT2D eigenvalue weighted by Crippen LogP contribution is -2.18. The molecule has 0 saturated heterocycles. The van der Waals surface area contributed by atoms with Crippen molar-refractivity contribution in [3.63, 3.8) is 0 Å². The minimum absolute atomic E-state index is 0.295. The quantitative estimate of drug-likeness (QED) is 0.839. The number of amides is 1. The molecule has 1 aromatic carbocycles. The minimum atomic E-state index is -0.295. The van der Waals surface area contributed by atoms with Gasteiger partial charge in [-0.2, -0.15) is 0 Å². The number of anilines is 2. The second-order valence-corrected chi connectivity index (χ2v) is 5.94. The van der Waals surface area contributed by atoms with Crippen molar-refractivity contribution >= 4 is 17.5 Å². The lowest BCUT2D eigenvalue weighted by Gasteiger charge is -2.13. The van der Waals surface area contributed by atoms with Crippen molar-refractivity contribution in [2.45, 2.75) is 31.7 Å². The van der Waals surface area contributed by atoms with Crippen LogP contribution in [0.15, 0.2) is 30.6 Å². The van der Waals surface area contributed by atoms with Crippen LogP contribution < -0.4 is 20.1 Å². The number of carbonyl (C=O) groups excluding carboxylic acids is 1. The number of hydrogen-bond donors (Lipinski definition) is 2. The number of carbonyl (C=O) groups is 1. The summed E-state index contributed by atoms with van der Waals surface area (Å²) in [5, 5.41) is 6.10. The molecule has 2 N–H and O–H groups in total.